The number of carbonyl (C=O) groups excluding carboxylic acids is 1. The summed E-state index contributed by atoms with van der Waals surface area (Å²) in [5.74, 6) is 0.179. The van der Waals surface area contributed by atoms with Crippen molar-refractivity contribution in [1.82, 2.24) is 4.90 Å². The predicted octanol–water partition coefficient (Wildman–Crippen LogP) is -0.205. The molecule has 16 heavy (non-hydrogen) atoms. The van der Waals surface area contributed by atoms with Gasteiger partial charge in [0.15, 0.2) is 9.84 Å². The Morgan fingerprint density at radius 2 is 2.06 bits per heavy atom. The molecule has 0 spiro atoms. The van der Waals surface area contributed by atoms with Crippen molar-refractivity contribution in [2.45, 2.75) is 32.3 Å². The molecule has 94 valence electrons. The second kappa shape index (κ2) is 5.63. The third kappa shape index (κ3) is 4.49. The Morgan fingerprint density at radius 3 is 2.69 bits per heavy atom. The highest BCUT2D eigenvalue weighted by atomic mass is 32.2. The van der Waals surface area contributed by atoms with E-state index in [1.165, 1.54) is 0 Å². The van der Waals surface area contributed by atoms with Gasteiger partial charge < -0.3 is 10.0 Å². The lowest BCUT2D eigenvalue weighted by atomic mass is 10.2. The van der Waals surface area contributed by atoms with Crippen LogP contribution < -0.4 is 0 Å². The zero-order valence-electron chi connectivity index (χ0n) is 9.55. The van der Waals surface area contributed by atoms with E-state index < -0.39 is 15.9 Å². The molecule has 1 saturated heterocycles. The maximum absolute atomic E-state index is 11.7. The first-order valence-electron chi connectivity index (χ1n) is 5.57. The van der Waals surface area contributed by atoms with Crippen LogP contribution in [0.15, 0.2) is 0 Å². The molecule has 6 heteroatoms. The van der Waals surface area contributed by atoms with Crippen LogP contribution in [0.25, 0.3) is 0 Å². The van der Waals surface area contributed by atoms with Crippen LogP contribution in [-0.2, 0) is 14.6 Å². The molecule has 0 radical (unpaired) electrons. The highest BCUT2D eigenvalue weighted by Gasteiger charge is 2.22. The quantitative estimate of drug-likeness (QED) is 0.751. The molecule has 0 aromatic carbocycles. The minimum Gasteiger partial charge on any atom is -0.393 e. The van der Waals surface area contributed by atoms with Crippen LogP contribution in [0.3, 0.4) is 0 Å². The number of aliphatic hydroxyl groups excluding tert-OH is 1. The van der Waals surface area contributed by atoms with Crippen LogP contribution >= 0.6 is 0 Å². The number of hydrogen-bond acceptors (Lipinski definition) is 4. The average Bonchev–Trinajstić information content (AvgIpc) is 2.35. The monoisotopic (exact) mass is 249 g/mol. The van der Waals surface area contributed by atoms with E-state index in [-0.39, 0.29) is 23.8 Å². The highest BCUT2D eigenvalue weighted by molar-refractivity contribution is 7.91. The molecule has 0 aliphatic carbocycles. The number of carbonyl (C=O) groups is 1. The normalized spacial score (nSPS) is 22.5. The number of hydrogen-bond donors (Lipinski definition) is 1. The van der Waals surface area contributed by atoms with E-state index in [2.05, 4.69) is 0 Å². The molecule has 1 unspecified atom stereocenters. The topological polar surface area (TPSA) is 74.7 Å². The standard InChI is InChI=1S/C10H19NO4S/c1-9(12)3-4-10(13)11-5-2-7-16(14,15)8-6-11/h9,12H,2-8H2,1H3. The molecular formula is C10H19NO4S. The van der Waals surface area contributed by atoms with E-state index in [4.69, 9.17) is 5.11 Å². The summed E-state index contributed by atoms with van der Waals surface area (Å²) in [5.41, 5.74) is 0. The Hall–Kier alpha value is -0.620. The van der Waals surface area contributed by atoms with Crippen molar-refractivity contribution in [3.05, 3.63) is 0 Å². The maximum Gasteiger partial charge on any atom is 0.222 e. The number of rotatable bonds is 3. The smallest absolute Gasteiger partial charge is 0.222 e. The summed E-state index contributed by atoms with van der Waals surface area (Å²) in [6.45, 7) is 2.44. The second-order valence-electron chi connectivity index (χ2n) is 4.27. The van der Waals surface area contributed by atoms with Gasteiger partial charge in [-0.2, -0.15) is 0 Å². The van der Waals surface area contributed by atoms with Crippen molar-refractivity contribution in [3.63, 3.8) is 0 Å². The van der Waals surface area contributed by atoms with Gasteiger partial charge in [-0.25, -0.2) is 8.42 Å². The molecule has 0 aromatic rings. The molecule has 0 bridgehead atoms. The van der Waals surface area contributed by atoms with Crippen molar-refractivity contribution in [1.29, 1.82) is 0 Å². The first-order chi connectivity index (χ1) is 7.41. The van der Waals surface area contributed by atoms with Crippen LogP contribution in [0, 0.1) is 0 Å². The molecule has 1 fully saturated rings. The Kier molecular flexibility index (Phi) is 4.73. The van der Waals surface area contributed by atoms with Gasteiger partial charge in [0.25, 0.3) is 0 Å². The fourth-order valence-corrected chi connectivity index (χ4v) is 2.95. The Balaban J connectivity index is 2.45. The van der Waals surface area contributed by atoms with Gasteiger partial charge in [0.05, 0.1) is 17.6 Å². The van der Waals surface area contributed by atoms with Gasteiger partial charge in [-0.1, -0.05) is 0 Å². The van der Waals surface area contributed by atoms with Gasteiger partial charge in [-0.15, -0.1) is 0 Å². The van der Waals surface area contributed by atoms with Gasteiger partial charge >= 0.3 is 0 Å². The number of amides is 1. The van der Waals surface area contributed by atoms with Gasteiger partial charge in [-0.3, -0.25) is 4.79 Å². The second-order valence-corrected chi connectivity index (χ2v) is 6.58. The van der Waals surface area contributed by atoms with E-state index in [9.17, 15) is 13.2 Å². The molecule has 1 atom stereocenters. The molecule has 1 aliphatic heterocycles. The molecule has 1 amide bonds. The number of nitrogens with zero attached hydrogens (tertiary/aromatic N) is 1. The fourth-order valence-electron chi connectivity index (χ4n) is 1.68. The molecule has 1 aliphatic rings. The van der Waals surface area contributed by atoms with Crippen LogP contribution in [0.5, 0.6) is 0 Å². The van der Waals surface area contributed by atoms with Crippen LogP contribution in [0.4, 0.5) is 0 Å². The summed E-state index contributed by atoms with van der Waals surface area (Å²) in [5, 5.41) is 9.07. The molecule has 1 N–H and O–H groups in total. The summed E-state index contributed by atoms with van der Waals surface area (Å²) in [7, 11) is -2.96. The van der Waals surface area contributed by atoms with Gasteiger partial charge in [0.1, 0.15) is 0 Å². The third-order valence-corrected chi connectivity index (χ3v) is 4.40. The van der Waals surface area contributed by atoms with E-state index in [0.29, 0.717) is 25.9 Å². The molecule has 0 aromatic heterocycles. The molecular weight excluding hydrogens is 230 g/mol. The zero-order valence-corrected chi connectivity index (χ0v) is 10.4. The van der Waals surface area contributed by atoms with Crippen LogP contribution in [0.1, 0.15) is 26.2 Å². The fraction of sp³-hybridized carbons (Fsp3) is 0.900. The average molecular weight is 249 g/mol. The van der Waals surface area contributed by atoms with Crippen molar-refractivity contribution < 1.29 is 18.3 Å². The maximum atomic E-state index is 11.7. The minimum atomic E-state index is -2.96. The van der Waals surface area contributed by atoms with Crippen molar-refractivity contribution in [3.8, 4) is 0 Å². The van der Waals surface area contributed by atoms with E-state index in [1.807, 2.05) is 0 Å². The lowest BCUT2D eigenvalue weighted by Gasteiger charge is -2.19. The molecule has 1 heterocycles. The summed E-state index contributed by atoms with van der Waals surface area (Å²) in [6.07, 6.45) is 0.752. The predicted molar refractivity (Wildman–Crippen MR) is 60.8 cm³/mol. The third-order valence-electron chi connectivity index (χ3n) is 2.68. The Morgan fingerprint density at radius 1 is 1.38 bits per heavy atom. The summed E-state index contributed by atoms with van der Waals surface area (Å²) >= 11 is 0. The summed E-state index contributed by atoms with van der Waals surface area (Å²) in [4.78, 5) is 13.3. The van der Waals surface area contributed by atoms with E-state index in [0.717, 1.165) is 0 Å². The SMILES string of the molecule is CC(O)CCC(=O)N1CCCS(=O)(=O)CC1. The van der Waals surface area contributed by atoms with Crippen molar-refractivity contribution in [2.75, 3.05) is 24.6 Å². The number of aliphatic hydroxyl groups is 1. The minimum absolute atomic E-state index is 0.0574. The van der Waals surface area contributed by atoms with Gasteiger partial charge in [0, 0.05) is 19.5 Å². The van der Waals surface area contributed by atoms with E-state index >= 15 is 0 Å². The van der Waals surface area contributed by atoms with Crippen molar-refractivity contribution >= 4 is 15.7 Å². The summed E-state index contributed by atoms with van der Waals surface area (Å²) < 4.78 is 22.7. The largest absolute Gasteiger partial charge is 0.393 e. The Labute approximate surface area is 96.4 Å². The molecule has 0 saturated carbocycles. The van der Waals surface area contributed by atoms with Gasteiger partial charge in [-0.05, 0) is 19.8 Å². The summed E-state index contributed by atoms with van der Waals surface area (Å²) in [6, 6.07) is 0. The Bertz CT molecular complexity index is 337. The zero-order chi connectivity index (χ0) is 12.2. The first-order valence-corrected chi connectivity index (χ1v) is 7.39. The van der Waals surface area contributed by atoms with Crippen LogP contribution in [0.2, 0.25) is 0 Å². The van der Waals surface area contributed by atoms with Crippen molar-refractivity contribution in [2.24, 2.45) is 0 Å². The highest BCUT2D eigenvalue weighted by Crippen LogP contribution is 2.08. The molecule has 1 rings (SSSR count). The lowest BCUT2D eigenvalue weighted by molar-refractivity contribution is -0.131. The van der Waals surface area contributed by atoms with Crippen LogP contribution in [-0.4, -0.2) is 55.0 Å². The van der Waals surface area contributed by atoms with Gasteiger partial charge in [0.2, 0.25) is 5.91 Å². The lowest BCUT2D eigenvalue weighted by Crippen LogP contribution is -2.33. The first kappa shape index (κ1) is 13.4. The number of sulfone groups is 1. The molecule has 5 nitrogen and oxygen atoms in total. The van der Waals surface area contributed by atoms with E-state index in [1.54, 1.807) is 11.8 Å².